The van der Waals surface area contributed by atoms with E-state index in [0.29, 0.717) is 17.2 Å². The van der Waals surface area contributed by atoms with Crippen LogP contribution in [0.5, 0.6) is 0 Å². The van der Waals surface area contributed by atoms with Gasteiger partial charge in [-0.1, -0.05) is 36.8 Å². The lowest BCUT2D eigenvalue weighted by Gasteiger charge is -2.35. The third-order valence-corrected chi connectivity index (χ3v) is 7.81. The summed E-state index contributed by atoms with van der Waals surface area (Å²) in [5.41, 5.74) is 4.73. The summed E-state index contributed by atoms with van der Waals surface area (Å²) in [7, 11) is 0. The first kappa shape index (κ1) is 20.3. The molecule has 31 heavy (non-hydrogen) atoms. The van der Waals surface area contributed by atoms with E-state index in [1.807, 2.05) is 67.2 Å². The minimum atomic E-state index is -0.267. The Bertz CT molecular complexity index is 1060. The van der Waals surface area contributed by atoms with Crippen LogP contribution in [-0.2, 0) is 4.79 Å². The number of aryl methyl sites for hydroxylation is 1. The minimum Gasteiger partial charge on any atom is -0.336 e. The van der Waals surface area contributed by atoms with Gasteiger partial charge in [0.15, 0.2) is 0 Å². The van der Waals surface area contributed by atoms with Crippen LogP contribution in [0, 0.1) is 18.8 Å². The van der Waals surface area contributed by atoms with Crippen LogP contribution in [0.1, 0.15) is 53.8 Å². The molecule has 2 aliphatic heterocycles. The second kappa shape index (κ2) is 8.17. The van der Waals surface area contributed by atoms with Crippen LogP contribution < -0.4 is 16.0 Å². The molecule has 1 saturated heterocycles. The van der Waals surface area contributed by atoms with Crippen molar-refractivity contribution in [2.45, 2.75) is 44.6 Å². The second-order valence-electron chi connectivity index (χ2n) is 8.87. The minimum absolute atomic E-state index is 0.0619. The van der Waals surface area contributed by atoms with E-state index in [4.69, 9.17) is 0 Å². The van der Waals surface area contributed by atoms with Crippen LogP contribution in [-0.4, -0.2) is 17.2 Å². The maximum Gasteiger partial charge on any atom is 0.255 e. The lowest BCUT2D eigenvalue weighted by Crippen LogP contribution is -2.54. The van der Waals surface area contributed by atoms with Gasteiger partial charge in [-0.15, -0.1) is 11.8 Å². The zero-order valence-corrected chi connectivity index (χ0v) is 18.6. The third-order valence-electron chi connectivity index (χ3n) is 6.44. The molecule has 5 rings (SSSR count). The van der Waals surface area contributed by atoms with E-state index in [2.05, 4.69) is 22.9 Å². The van der Waals surface area contributed by atoms with Crippen molar-refractivity contribution >= 4 is 29.3 Å². The predicted molar refractivity (Wildman–Crippen MR) is 125 cm³/mol. The Hall–Kier alpha value is -2.57. The van der Waals surface area contributed by atoms with Crippen molar-refractivity contribution in [3.05, 3.63) is 75.7 Å². The highest BCUT2D eigenvalue weighted by molar-refractivity contribution is 8.04. The first-order chi connectivity index (χ1) is 15.0. The Morgan fingerprint density at radius 2 is 1.97 bits per heavy atom. The molecule has 6 heteroatoms. The monoisotopic (exact) mass is 433 g/mol. The molecule has 0 bridgehead atoms. The molecule has 2 heterocycles. The van der Waals surface area contributed by atoms with Crippen molar-refractivity contribution in [2.24, 2.45) is 11.8 Å². The molecule has 2 aromatic rings. The number of amides is 2. The fourth-order valence-electron chi connectivity index (χ4n) is 4.70. The number of carbonyl (C=O) groups excluding carboxylic acids is 2. The van der Waals surface area contributed by atoms with Gasteiger partial charge in [0.25, 0.3) is 5.91 Å². The number of anilines is 1. The molecule has 1 fully saturated rings. The van der Waals surface area contributed by atoms with Crippen LogP contribution in [0.25, 0.3) is 0 Å². The Morgan fingerprint density at radius 3 is 2.77 bits per heavy atom. The maximum atomic E-state index is 13.0. The molecule has 2 amide bonds. The van der Waals surface area contributed by atoms with Crippen molar-refractivity contribution in [2.75, 3.05) is 5.32 Å². The molecule has 0 saturated carbocycles. The van der Waals surface area contributed by atoms with Crippen molar-refractivity contribution in [3.63, 3.8) is 0 Å². The van der Waals surface area contributed by atoms with Crippen molar-refractivity contribution in [3.8, 4) is 0 Å². The highest BCUT2D eigenvalue weighted by Gasteiger charge is 2.46. The Labute approximate surface area is 187 Å². The quantitative estimate of drug-likeness (QED) is 0.655. The number of hydrogen-bond acceptors (Lipinski definition) is 4. The van der Waals surface area contributed by atoms with Gasteiger partial charge in [0, 0.05) is 11.3 Å². The van der Waals surface area contributed by atoms with Gasteiger partial charge >= 0.3 is 0 Å². The molecule has 1 aliphatic carbocycles. The molecule has 4 atom stereocenters. The summed E-state index contributed by atoms with van der Waals surface area (Å²) in [4.78, 5) is 27.0. The Balaban J connectivity index is 1.30. The average molecular weight is 434 g/mol. The van der Waals surface area contributed by atoms with E-state index >= 15 is 0 Å². The molecule has 4 unspecified atom stereocenters. The summed E-state index contributed by atoms with van der Waals surface area (Å²) in [5.74, 6) is 0.595. The van der Waals surface area contributed by atoms with Crippen molar-refractivity contribution in [1.82, 2.24) is 10.6 Å². The molecule has 3 N–H and O–H groups in total. The van der Waals surface area contributed by atoms with Crippen LogP contribution in [0.4, 0.5) is 5.69 Å². The molecular weight excluding hydrogens is 406 g/mol. The first-order valence-corrected chi connectivity index (χ1v) is 11.8. The van der Waals surface area contributed by atoms with Gasteiger partial charge < -0.3 is 10.6 Å². The highest BCUT2D eigenvalue weighted by Crippen LogP contribution is 2.50. The molecule has 0 aromatic heterocycles. The number of carbonyl (C=O) groups is 2. The predicted octanol–water partition coefficient (Wildman–Crippen LogP) is 4.73. The van der Waals surface area contributed by atoms with Gasteiger partial charge in [0.05, 0.1) is 11.3 Å². The molecule has 160 valence electrons. The summed E-state index contributed by atoms with van der Waals surface area (Å²) >= 11 is 1.84. The highest BCUT2D eigenvalue weighted by atomic mass is 32.2. The Kier molecular flexibility index (Phi) is 5.36. The first-order valence-electron chi connectivity index (χ1n) is 10.9. The van der Waals surface area contributed by atoms with Crippen LogP contribution in [0.3, 0.4) is 0 Å². The lowest BCUT2D eigenvalue weighted by atomic mass is 9.83. The molecular formula is C25H27N3O2S. The van der Waals surface area contributed by atoms with Gasteiger partial charge in [-0.05, 0) is 72.4 Å². The molecule has 0 radical (unpaired) electrons. The number of rotatable bonds is 3. The number of benzene rings is 2. The molecule has 2 aromatic carbocycles. The summed E-state index contributed by atoms with van der Waals surface area (Å²) in [6.07, 6.45) is 3.02. The lowest BCUT2D eigenvalue weighted by molar-refractivity contribution is -0.127. The molecule has 0 spiro atoms. The number of thioether (sulfide) groups is 1. The van der Waals surface area contributed by atoms with Crippen LogP contribution in [0.15, 0.2) is 59.0 Å². The summed E-state index contributed by atoms with van der Waals surface area (Å²) in [6, 6.07) is 15.2. The third kappa shape index (κ3) is 4.02. The molecule has 3 aliphatic rings. The normalized spacial score (nSPS) is 27.4. The fourth-order valence-corrected chi connectivity index (χ4v) is 6.39. The van der Waals surface area contributed by atoms with Crippen LogP contribution >= 0.6 is 11.8 Å². The van der Waals surface area contributed by atoms with E-state index in [9.17, 15) is 9.59 Å². The fraction of sp³-hybridized carbons (Fsp3) is 0.360. The summed E-state index contributed by atoms with van der Waals surface area (Å²) < 4.78 is 0. The second-order valence-corrected chi connectivity index (χ2v) is 10.1. The number of hydrogen-bond donors (Lipinski definition) is 3. The summed E-state index contributed by atoms with van der Waals surface area (Å²) in [5, 5.41) is 9.84. The van der Waals surface area contributed by atoms with E-state index in [-0.39, 0.29) is 29.3 Å². The largest absolute Gasteiger partial charge is 0.336 e. The van der Waals surface area contributed by atoms with Crippen molar-refractivity contribution in [1.29, 1.82) is 0 Å². The zero-order chi connectivity index (χ0) is 21.5. The molecule has 5 nitrogen and oxygen atoms in total. The Morgan fingerprint density at radius 1 is 1.16 bits per heavy atom. The number of fused-ring (bicyclic) bond motifs is 2. The van der Waals surface area contributed by atoms with Gasteiger partial charge in [0.2, 0.25) is 5.91 Å². The van der Waals surface area contributed by atoms with Crippen LogP contribution in [0.2, 0.25) is 0 Å². The van der Waals surface area contributed by atoms with Gasteiger partial charge in [-0.25, -0.2) is 0 Å². The average Bonchev–Trinajstić information content (AvgIpc) is 3.12. The topological polar surface area (TPSA) is 70.2 Å². The van der Waals surface area contributed by atoms with Gasteiger partial charge in [0.1, 0.15) is 6.17 Å². The van der Waals surface area contributed by atoms with E-state index in [1.165, 1.54) is 16.9 Å². The standard InChI is InChI=1S/C25H27N3O2S/c1-14-6-9-16(10-7-14)23(29)26-18-5-3-4-17(13-18)22-27-24(30)21-19-11-8-15(2)12-20(19)31-25(21)28-22/h3-7,9-10,13,15,21-22,25,28H,8,11-12H2,1-2H3,(H,26,29)(H,27,30). The van der Waals surface area contributed by atoms with Crippen molar-refractivity contribution < 1.29 is 9.59 Å². The number of nitrogens with one attached hydrogen (secondary N) is 3. The maximum absolute atomic E-state index is 13.0. The van der Waals surface area contributed by atoms with E-state index in [1.54, 1.807) is 0 Å². The van der Waals surface area contributed by atoms with Gasteiger partial charge in [-0.2, -0.15) is 0 Å². The van der Waals surface area contributed by atoms with E-state index < -0.39 is 0 Å². The summed E-state index contributed by atoms with van der Waals surface area (Å²) in [6.45, 7) is 4.29. The number of allylic oxidation sites excluding steroid dienone is 1. The zero-order valence-electron chi connectivity index (χ0n) is 17.8. The SMILES string of the molecule is Cc1ccc(C(=O)Nc2cccc(C3NC(=O)C4C5=C(CC(C)CC5)SC4N3)c2)cc1. The smallest absolute Gasteiger partial charge is 0.255 e. The van der Waals surface area contributed by atoms with E-state index in [0.717, 1.165) is 24.0 Å². The van der Waals surface area contributed by atoms with Gasteiger partial charge in [-0.3, -0.25) is 14.9 Å².